The van der Waals surface area contributed by atoms with Gasteiger partial charge in [0.15, 0.2) is 0 Å². The summed E-state index contributed by atoms with van der Waals surface area (Å²) in [6.45, 7) is 3.47. The van der Waals surface area contributed by atoms with Gasteiger partial charge in [0.25, 0.3) is 11.6 Å². The zero-order valence-electron chi connectivity index (χ0n) is 11.2. The fourth-order valence-electron chi connectivity index (χ4n) is 2.17. The van der Waals surface area contributed by atoms with Crippen molar-refractivity contribution in [2.24, 2.45) is 0 Å². The van der Waals surface area contributed by atoms with Crippen LogP contribution in [0.3, 0.4) is 0 Å². The molecule has 2 N–H and O–H groups in total. The number of thioether (sulfide) groups is 1. The Kier molecular flexibility index (Phi) is 4.49. The second-order valence-corrected chi connectivity index (χ2v) is 6.09. The molecule has 0 radical (unpaired) electrons. The highest BCUT2D eigenvalue weighted by atomic mass is 32.2. The highest BCUT2D eigenvalue weighted by Crippen LogP contribution is 2.26. The largest absolute Gasteiger partial charge is 0.393 e. The van der Waals surface area contributed by atoms with Crippen LogP contribution in [0.15, 0.2) is 18.2 Å². The van der Waals surface area contributed by atoms with Gasteiger partial charge in [-0.25, -0.2) is 0 Å². The van der Waals surface area contributed by atoms with E-state index in [1.54, 1.807) is 11.0 Å². The fraction of sp³-hybridized carbons (Fsp3) is 0.462. The molecule has 0 saturated carbocycles. The minimum absolute atomic E-state index is 0.0761. The highest BCUT2D eigenvalue weighted by molar-refractivity contribution is 8.00. The molecule has 1 atom stereocenters. The van der Waals surface area contributed by atoms with E-state index in [4.69, 9.17) is 5.73 Å². The Morgan fingerprint density at radius 3 is 3.00 bits per heavy atom. The van der Waals surface area contributed by atoms with Crippen molar-refractivity contribution in [1.29, 1.82) is 0 Å². The van der Waals surface area contributed by atoms with Gasteiger partial charge in [-0.15, -0.1) is 0 Å². The molecule has 7 heteroatoms. The molecular formula is C13H17N3O3S. The SMILES string of the molecule is CCC1CN(C(=O)c2ccc(N)c([N+](=O)[O-])c2)CCS1. The summed E-state index contributed by atoms with van der Waals surface area (Å²) in [6, 6.07) is 4.23. The number of nitrogens with zero attached hydrogens (tertiary/aromatic N) is 2. The average Bonchev–Trinajstić information content (AvgIpc) is 2.46. The second kappa shape index (κ2) is 6.13. The molecule has 0 aromatic heterocycles. The summed E-state index contributed by atoms with van der Waals surface area (Å²) < 4.78 is 0. The van der Waals surface area contributed by atoms with Crippen molar-refractivity contribution in [3.63, 3.8) is 0 Å². The minimum atomic E-state index is -0.562. The lowest BCUT2D eigenvalue weighted by Crippen LogP contribution is -2.41. The Morgan fingerprint density at radius 2 is 2.35 bits per heavy atom. The molecule has 0 spiro atoms. The summed E-state index contributed by atoms with van der Waals surface area (Å²) >= 11 is 1.87. The molecule has 1 aliphatic heterocycles. The van der Waals surface area contributed by atoms with E-state index in [0.29, 0.717) is 23.9 Å². The minimum Gasteiger partial charge on any atom is -0.393 e. The van der Waals surface area contributed by atoms with Crippen LogP contribution in [0.2, 0.25) is 0 Å². The number of hydrogen-bond donors (Lipinski definition) is 1. The summed E-state index contributed by atoms with van der Waals surface area (Å²) in [7, 11) is 0. The lowest BCUT2D eigenvalue weighted by molar-refractivity contribution is -0.383. The lowest BCUT2D eigenvalue weighted by Gasteiger charge is -2.32. The van der Waals surface area contributed by atoms with E-state index in [0.717, 1.165) is 12.2 Å². The number of anilines is 1. The molecule has 2 rings (SSSR count). The number of nitro benzene ring substituents is 1. The molecule has 1 amide bonds. The number of amides is 1. The maximum absolute atomic E-state index is 12.4. The van der Waals surface area contributed by atoms with Gasteiger partial charge in [-0.2, -0.15) is 11.8 Å². The van der Waals surface area contributed by atoms with Crippen LogP contribution in [0, 0.1) is 10.1 Å². The summed E-state index contributed by atoms with van der Waals surface area (Å²) in [5.74, 6) is 0.744. The van der Waals surface area contributed by atoms with Crippen LogP contribution in [0.4, 0.5) is 11.4 Å². The van der Waals surface area contributed by atoms with Gasteiger partial charge in [0, 0.05) is 35.7 Å². The predicted octanol–water partition coefficient (Wildman–Crippen LogP) is 2.14. The van der Waals surface area contributed by atoms with Crippen molar-refractivity contribution < 1.29 is 9.72 Å². The lowest BCUT2D eigenvalue weighted by atomic mass is 10.1. The summed E-state index contributed by atoms with van der Waals surface area (Å²) in [4.78, 5) is 24.5. The zero-order valence-corrected chi connectivity index (χ0v) is 12.1. The van der Waals surface area contributed by atoms with Crippen LogP contribution < -0.4 is 5.73 Å². The van der Waals surface area contributed by atoms with Gasteiger partial charge in [-0.05, 0) is 18.6 Å². The van der Waals surface area contributed by atoms with Gasteiger partial charge in [0.05, 0.1) is 4.92 Å². The van der Waals surface area contributed by atoms with Crippen molar-refractivity contribution in [2.75, 3.05) is 24.6 Å². The van der Waals surface area contributed by atoms with E-state index in [-0.39, 0.29) is 17.3 Å². The van der Waals surface area contributed by atoms with Crippen molar-refractivity contribution in [2.45, 2.75) is 18.6 Å². The third kappa shape index (κ3) is 3.04. The van der Waals surface area contributed by atoms with Crippen LogP contribution in [0.5, 0.6) is 0 Å². The molecule has 1 fully saturated rings. The third-order valence-corrected chi connectivity index (χ3v) is 4.73. The molecule has 1 aromatic carbocycles. The number of nitrogens with two attached hydrogens (primary N) is 1. The molecule has 108 valence electrons. The van der Waals surface area contributed by atoms with Gasteiger partial charge < -0.3 is 10.6 Å². The molecular weight excluding hydrogens is 278 g/mol. The summed E-state index contributed by atoms with van der Waals surface area (Å²) in [6.07, 6.45) is 1.01. The number of hydrogen-bond acceptors (Lipinski definition) is 5. The Bertz CT molecular complexity index is 536. The van der Waals surface area contributed by atoms with Gasteiger partial charge in [0.2, 0.25) is 0 Å². The monoisotopic (exact) mass is 295 g/mol. The zero-order chi connectivity index (χ0) is 14.7. The Morgan fingerprint density at radius 1 is 1.60 bits per heavy atom. The van der Waals surface area contributed by atoms with Crippen LogP contribution in [-0.4, -0.2) is 39.8 Å². The number of nitrogen functional groups attached to an aromatic ring is 1. The normalized spacial score (nSPS) is 18.9. The predicted molar refractivity (Wildman–Crippen MR) is 79.9 cm³/mol. The second-order valence-electron chi connectivity index (χ2n) is 4.68. The number of rotatable bonds is 3. The van der Waals surface area contributed by atoms with Gasteiger partial charge >= 0.3 is 0 Å². The number of nitro groups is 1. The molecule has 1 saturated heterocycles. The molecule has 0 bridgehead atoms. The molecule has 1 aromatic rings. The van der Waals surface area contributed by atoms with Crippen LogP contribution in [0.25, 0.3) is 0 Å². The molecule has 6 nitrogen and oxygen atoms in total. The maximum Gasteiger partial charge on any atom is 0.292 e. The summed E-state index contributed by atoms with van der Waals surface area (Å²) in [5.41, 5.74) is 5.73. The van der Waals surface area contributed by atoms with Gasteiger partial charge in [-0.1, -0.05) is 6.92 Å². The Labute approximate surface area is 121 Å². The molecule has 1 aliphatic rings. The van der Waals surface area contributed by atoms with Crippen LogP contribution in [0.1, 0.15) is 23.7 Å². The van der Waals surface area contributed by atoms with E-state index >= 15 is 0 Å². The molecule has 1 heterocycles. The van der Waals surface area contributed by atoms with Crippen molar-refractivity contribution in [3.8, 4) is 0 Å². The number of carbonyl (C=O) groups is 1. The van der Waals surface area contributed by atoms with E-state index in [1.807, 2.05) is 11.8 Å². The van der Waals surface area contributed by atoms with E-state index in [1.165, 1.54) is 12.1 Å². The summed E-state index contributed by atoms with van der Waals surface area (Å²) in [5, 5.41) is 11.3. The molecule has 0 aliphatic carbocycles. The fourth-order valence-corrected chi connectivity index (χ4v) is 3.35. The molecule has 1 unspecified atom stereocenters. The van der Waals surface area contributed by atoms with E-state index in [2.05, 4.69) is 6.92 Å². The number of benzene rings is 1. The maximum atomic E-state index is 12.4. The van der Waals surface area contributed by atoms with Crippen molar-refractivity contribution >= 4 is 29.0 Å². The quantitative estimate of drug-likeness (QED) is 0.524. The first-order valence-electron chi connectivity index (χ1n) is 6.47. The van der Waals surface area contributed by atoms with Gasteiger partial charge in [-0.3, -0.25) is 14.9 Å². The first kappa shape index (κ1) is 14.6. The molecule has 20 heavy (non-hydrogen) atoms. The standard InChI is InChI=1S/C13H17N3O3S/c1-2-10-8-15(5-6-20-10)13(17)9-3-4-11(14)12(7-9)16(18)19/h3-4,7,10H,2,5-6,8,14H2,1H3. The third-order valence-electron chi connectivity index (χ3n) is 3.36. The van der Waals surface area contributed by atoms with Crippen molar-refractivity contribution in [3.05, 3.63) is 33.9 Å². The van der Waals surface area contributed by atoms with Crippen LogP contribution in [-0.2, 0) is 0 Å². The Balaban J connectivity index is 2.20. The van der Waals surface area contributed by atoms with Crippen LogP contribution >= 0.6 is 11.8 Å². The smallest absolute Gasteiger partial charge is 0.292 e. The van der Waals surface area contributed by atoms with Gasteiger partial charge in [0.1, 0.15) is 5.69 Å². The first-order chi connectivity index (χ1) is 9.52. The van der Waals surface area contributed by atoms with E-state index < -0.39 is 4.92 Å². The average molecular weight is 295 g/mol. The van der Waals surface area contributed by atoms with Crippen molar-refractivity contribution in [1.82, 2.24) is 4.90 Å². The first-order valence-corrected chi connectivity index (χ1v) is 7.52. The van der Waals surface area contributed by atoms with E-state index in [9.17, 15) is 14.9 Å². The number of carbonyl (C=O) groups excluding carboxylic acids is 1. The Hall–Kier alpha value is -1.76. The topological polar surface area (TPSA) is 89.5 Å². The highest BCUT2D eigenvalue weighted by Gasteiger charge is 2.25.